The van der Waals surface area contributed by atoms with Crippen molar-refractivity contribution in [2.24, 2.45) is 0 Å². The summed E-state index contributed by atoms with van der Waals surface area (Å²) in [6.45, 7) is 0.430. The standard InChI is InChI=1S/C22H20N4O3S/c1-28-18-10-5-7-16(13-18)14-23-20(27)15-30-22-25-24-21(19-11-6-12-29-19)26(22)17-8-3-2-4-9-17/h2-13H,14-15H2,1H3,(H,23,27). The molecule has 7 nitrogen and oxygen atoms in total. The molecule has 0 spiro atoms. The van der Waals surface area contributed by atoms with Gasteiger partial charge in [-0.3, -0.25) is 9.36 Å². The molecule has 0 radical (unpaired) electrons. The maximum absolute atomic E-state index is 12.4. The Hall–Kier alpha value is -3.52. The number of amides is 1. The Morgan fingerprint density at radius 2 is 1.97 bits per heavy atom. The number of nitrogens with one attached hydrogen (secondary N) is 1. The number of thioether (sulfide) groups is 1. The van der Waals surface area contributed by atoms with Crippen LogP contribution in [0, 0.1) is 0 Å². The van der Waals surface area contributed by atoms with Gasteiger partial charge in [-0.15, -0.1) is 10.2 Å². The summed E-state index contributed by atoms with van der Waals surface area (Å²) < 4.78 is 12.6. The summed E-state index contributed by atoms with van der Waals surface area (Å²) in [6.07, 6.45) is 1.60. The van der Waals surface area contributed by atoms with Gasteiger partial charge < -0.3 is 14.5 Å². The number of carbonyl (C=O) groups excluding carboxylic acids is 1. The molecule has 0 bridgehead atoms. The summed E-state index contributed by atoms with van der Waals surface area (Å²) in [6, 6.07) is 21.0. The van der Waals surface area contributed by atoms with E-state index in [2.05, 4.69) is 15.5 Å². The van der Waals surface area contributed by atoms with Crippen LogP contribution in [0.4, 0.5) is 0 Å². The number of para-hydroxylation sites is 1. The van der Waals surface area contributed by atoms with Crippen LogP contribution >= 0.6 is 11.8 Å². The Bertz CT molecular complexity index is 1110. The lowest BCUT2D eigenvalue weighted by molar-refractivity contribution is -0.118. The highest BCUT2D eigenvalue weighted by molar-refractivity contribution is 7.99. The van der Waals surface area contributed by atoms with E-state index in [9.17, 15) is 4.79 Å². The van der Waals surface area contributed by atoms with Gasteiger partial charge in [-0.25, -0.2) is 0 Å². The van der Waals surface area contributed by atoms with Gasteiger partial charge in [0.2, 0.25) is 11.7 Å². The lowest BCUT2D eigenvalue weighted by atomic mass is 10.2. The van der Waals surface area contributed by atoms with Crippen LogP contribution in [0.3, 0.4) is 0 Å². The summed E-state index contributed by atoms with van der Waals surface area (Å²) in [5.74, 6) is 2.08. The van der Waals surface area contributed by atoms with Crippen LogP contribution in [0.2, 0.25) is 0 Å². The van der Waals surface area contributed by atoms with E-state index in [0.29, 0.717) is 23.3 Å². The smallest absolute Gasteiger partial charge is 0.230 e. The number of furan rings is 1. The monoisotopic (exact) mass is 420 g/mol. The van der Waals surface area contributed by atoms with Gasteiger partial charge in [0.15, 0.2) is 10.9 Å². The largest absolute Gasteiger partial charge is 0.497 e. The highest BCUT2D eigenvalue weighted by Crippen LogP contribution is 2.28. The number of rotatable bonds is 8. The van der Waals surface area contributed by atoms with Gasteiger partial charge >= 0.3 is 0 Å². The van der Waals surface area contributed by atoms with E-state index in [1.165, 1.54) is 11.8 Å². The summed E-state index contributed by atoms with van der Waals surface area (Å²) in [5.41, 5.74) is 1.87. The predicted molar refractivity (Wildman–Crippen MR) is 115 cm³/mol. The molecule has 0 saturated heterocycles. The first-order chi connectivity index (χ1) is 14.7. The van der Waals surface area contributed by atoms with E-state index in [-0.39, 0.29) is 11.7 Å². The topological polar surface area (TPSA) is 82.2 Å². The van der Waals surface area contributed by atoms with Crippen molar-refractivity contribution < 1.29 is 13.9 Å². The molecule has 4 rings (SSSR count). The molecule has 0 unspecified atom stereocenters. The van der Waals surface area contributed by atoms with Gasteiger partial charge in [-0.1, -0.05) is 42.1 Å². The van der Waals surface area contributed by atoms with Gasteiger partial charge in [0, 0.05) is 12.2 Å². The number of hydrogen-bond acceptors (Lipinski definition) is 6. The Kier molecular flexibility index (Phi) is 6.14. The molecule has 2 aromatic heterocycles. The summed E-state index contributed by atoms with van der Waals surface area (Å²) in [7, 11) is 1.62. The van der Waals surface area contributed by atoms with Crippen LogP contribution in [-0.2, 0) is 11.3 Å². The lowest BCUT2D eigenvalue weighted by Crippen LogP contribution is -2.24. The molecule has 0 atom stereocenters. The van der Waals surface area contributed by atoms with Crippen LogP contribution in [0.15, 0.2) is 82.6 Å². The van der Waals surface area contributed by atoms with Crippen molar-refractivity contribution >= 4 is 17.7 Å². The van der Waals surface area contributed by atoms with Crippen molar-refractivity contribution in [2.45, 2.75) is 11.7 Å². The number of ether oxygens (including phenoxy) is 1. The minimum absolute atomic E-state index is 0.0926. The average molecular weight is 420 g/mol. The third-order valence-corrected chi connectivity index (χ3v) is 5.27. The van der Waals surface area contributed by atoms with Crippen molar-refractivity contribution in [2.75, 3.05) is 12.9 Å². The molecule has 0 fully saturated rings. The number of nitrogens with zero attached hydrogens (tertiary/aromatic N) is 3. The molecule has 0 aliphatic carbocycles. The Labute approximate surface area is 178 Å². The van der Waals surface area contributed by atoms with Crippen LogP contribution in [0.25, 0.3) is 17.3 Å². The van der Waals surface area contributed by atoms with E-state index >= 15 is 0 Å². The van der Waals surface area contributed by atoms with Gasteiger partial charge in [-0.2, -0.15) is 0 Å². The minimum atomic E-state index is -0.0926. The first-order valence-electron chi connectivity index (χ1n) is 9.32. The minimum Gasteiger partial charge on any atom is -0.497 e. The molecule has 0 saturated carbocycles. The van der Waals surface area contributed by atoms with Crippen LogP contribution in [-0.4, -0.2) is 33.5 Å². The van der Waals surface area contributed by atoms with Gasteiger partial charge in [0.25, 0.3) is 0 Å². The Morgan fingerprint density at radius 3 is 2.73 bits per heavy atom. The quantitative estimate of drug-likeness (QED) is 0.435. The van der Waals surface area contributed by atoms with Crippen molar-refractivity contribution in [1.29, 1.82) is 0 Å². The lowest BCUT2D eigenvalue weighted by Gasteiger charge is -2.09. The first-order valence-corrected chi connectivity index (χ1v) is 10.3. The average Bonchev–Trinajstić information content (AvgIpc) is 3.46. The Balaban J connectivity index is 1.46. The fourth-order valence-corrected chi connectivity index (χ4v) is 3.68. The molecule has 8 heteroatoms. The summed E-state index contributed by atoms with van der Waals surface area (Å²) in [4.78, 5) is 12.4. The number of hydrogen-bond donors (Lipinski definition) is 1. The molecule has 1 N–H and O–H groups in total. The molecule has 2 heterocycles. The van der Waals surface area contributed by atoms with E-state index < -0.39 is 0 Å². The summed E-state index contributed by atoms with van der Waals surface area (Å²) >= 11 is 1.32. The second-order valence-electron chi connectivity index (χ2n) is 6.37. The van der Waals surface area contributed by atoms with Crippen LogP contribution < -0.4 is 10.1 Å². The SMILES string of the molecule is COc1cccc(CNC(=O)CSc2nnc(-c3ccco3)n2-c2ccccc2)c1. The third-order valence-electron chi connectivity index (χ3n) is 4.35. The second-order valence-corrected chi connectivity index (χ2v) is 7.31. The number of carbonyl (C=O) groups is 1. The maximum atomic E-state index is 12.4. The third kappa shape index (κ3) is 4.55. The normalized spacial score (nSPS) is 10.7. The zero-order chi connectivity index (χ0) is 20.8. The number of methoxy groups -OCH3 is 1. The Morgan fingerprint density at radius 1 is 1.10 bits per heavy atom. The second kappa shape index (κ2) is 9.32. The maximum Gasteiger partial charge on any atom is 0.230 e. The van der Waals surface area contributed by atoms with E-state index in [0.717, 1.165) is 17.0 Å². The molecule has 0 aliphatic rings. The number of benzene rings is 2. The molecule has 30 heavy (non-hydrogen) atoms. The van der Waals surface area contributed by atoms with Gasteiger partial charge in [-0.05, 0) is 42.0 Å². The molecule has 0 aliphatic heterocycles. The van der Waals surface area contributed by atoms with Crippen molar-refractivity contribution in [3.05, 3.63) is 78.6 Å². The van der Waals surface area contributed by atoms with E-state index in [4.69, 9.17) is 9.15 Å². The highest BCUT2D eigenvalue weighted by atomic mass is 32.2. The zero-order valence-electron chi connectivity index (χ0n) is 16.3. The highest BCUT2D eigenvalue weighted by Gasteiger charge is 2.18. The van der Waals surface area contributed by atoms with Crippen molar-refractivity contribution in [1.82, 2.24) is 20.1 Å². The van der Waals surface area contributed by atoms with E-state index in [1.807, 2.05) is 65.2 Å². The van der Waals surface area contributed by atoms with Crippen LogP contribution in [0.5, 0.6) is 5.75 Å². The molecule has 4 aromatic rings. The molecule has 1 amide bonds. The molecular formula is C22H20N4O3S. The molecule has 2 aromatic carbocycles. The van der Waals surface area contributed by atoms with Crippen molar-refractivity contribution in [3.63, 3.8) is 0 Å². The van der Waals surface area contributed by atoms with Crippen molar-refractivity contribution in [3.8, 4) is 23.0 Å². The first kappa shape index (κ1) is 19.8. The zero-order valence-corrected chi connectivity index (χ0v) is 17.1. The fraction of sp³-hybridized carbons (Fsp3) is 0.136. The molecule has 152 valence electrons. The van der Waals surface area contributed by atoms with Crippen LogP contribution in [0.1, 0.15) is 5.56 Å². The van der Waals surface area contributed by atoms with E-state index in [1.54, 1.807) is 19.4 Å². The summed E-state index contributed by atoms with van der Waals surface area (Å²) in [5, 5.41) is 12.1. The van der Waals surface area contributed by atoms with Gasteiger partial charge in [0.05, 0.1) is 19.1 Å². The van der Waals surface area contributed by atoms with Gasteiger partial charge in [0.1, 0.15) is 5.75 Å². The number of aromatic nitrogens is 3. The predicted octanol–water partition coefficient (Wildman–Crippen LogP) is 3.94. The molecular weight excluding hydrogens is 400 g/mol. The fourth-order valence-electron chi connectivity index (χ4n) is 2.90.